The van der Waals surface area contributed by atoms with Crippen molar-refractivity contribution in [3.8, 4) is 5.75 Å². The molecule has 0 aliphatic carbocycles. The molecule has 2 N–H and O–H groups in total. The van der Waals surface area contributed by atoms with Gasteiger partial charge < -0.3 is 9.84 Å². The van der Waals surface area contributed by atoms with Gasteiger partial charge in [-0.05, 0) is 24.3 Å². The predicted octanol–water partition coefficient (Wildman–Crippen LogP) is 0.807. The van der Waals surface area contributed by atoms with Crippen LogP contribution in [0.15, 0.2) is 40.1 Å². The first kappa shape index (κ1) is 17.5. The minimum absolute atomic E-state index is 0.0162. The van der Waals surface area contributed by atoms with Gasteiger partial charge in [-0.25, -0.2) is 14.2 Å². The highest BCUT2D eigenvalue weighted by atomic mass is 19.1. The molecule has 1 aromatic carbocycles. The molecule has 0 aliphatic rings. The van der Waals surface area contributed by atoms with Crippen molar-refractivity contribution in [2.75, 3.05) is 13.7 Å². The zero-order chi connectivity index (χ0) is 18.8. The molecule has 9 heteroatoms. The lowest BCUT2D eigenvalue weighted by Gasteiger charge is -2.09. The Bertz CT molecular complexity index is 1120. The minimum Gasteiger partial charge on any atom is -0.507 e. The fourth-order valence-corrected chi connectivity index (χ4v) is 2.53. The molecule has 0 saturated carbocycles. The summed E-state index contributed by atoms with van der Waals surface area (Å²) in [5.41, 5.74) is -1.54. The standard InChI is InChI=1S/C17H14FN3O5/c1-26-5-4-21-15-12(16(24)20-17(21)25)6-9(8-19-15)14(23)11-7-10(18)2-3-13(11)22/h2-3,6-8,22H,4-5H2,1H3,(H,20,24,25). The summed E-state index contributed by atoms with van der Waals surface area (Å²) in [6, 6.07) is 4.22. The van der Waals surface area contributed by atoms with E-state index in [1.54, 1.807) is 0 Å². The Kier molecular flexibility index (Phi) is 4.63. The van der Waals surface area contributed by atoms with Crippen molar-refractivity contribution in [1.82, 2.24) is 14.5 Å². The molecule has 0 radical (unpaired) electrons. The molecule has 3 rings (SSSR count). The smallest absolute Gasteiger partial charge is 0.330 e. The highest BCUT2D eigenvalue weighted by Crippen LogP contribution is 2.22. The van der Waals surface area contributed by atoms with Crippen LogP contribution in [0.3, 0.4) is 0 Å². The van der Waals surface area contributed by atoms with E-state index >= 15 is 0 Å². The number of pyridine rings is 1. The van der Waals surface area contributed by atoms with Gasteiger partial charge in [-0.15, -0.1) is 0 Å². The maximum atomic E-state index is 13.4. The van der Waals surface area contributed by atoms with Crippen LogP contribution in [-0.2, 0) is 11.3 Å². The first-order valence-electron chi connectivity index (χ1n) is 7.57. The van der Waals surface area contributed by atoms with Crippen molar-refractivity contribution < 1.29 is 19.0 Å². The molecule has 0 aliphatic heterocycles. The molecule has 0 saturated heterocycles. The summed E-state index contributed by atoms with van der Waals surface area (Å²) in [7, 11) is 1.47. The van der Waals surface area contributed by atoms with E-state index in [1.807, 2.05) is 0 Å². The third-order valence-electron chi connectivity index (χ3n) is 3.82. The van der Waals surface area contributed by atoms with E-state index in [4.69, 9.17) is 4.74 Å². The van der Waals surface area contributed by atoms with Gasteiger partial charge in [-0.2, -0.15) is 0 Å². The van der Waals surface area contributed by atoms with Crippen LogP contribution in [-0.4, -0.2) is 39.1 Å². The summed E-state index contributed by atoms with van der Waals surface area (Å²) in [6.45, 7) is 0.383. The van der Waals surface area contributed by atoms with Crippen molar-refractivity contribution in [1.29, 1.82) is 0 Å². The second-order valence-corrected chi connectivity index (χ2v) is 5.49. The summed E-state index contributed by atoms with van der Waals surface area (Å²) in [5, 5.41) is 9.79. The van der Waals surface area contributed by atoms with Crippen molar-refractivity contribution in [3.63, 3.8) is 0 Å². The number of carbonyl (C=O) groups is 1. The number of ketones is 1. The number of phenols is 1. The topological polar surface area (TPSA) is 114 Å². The highest BCUT2D eigenvalue weighted by Gasteiger charge is 2.17. The number of hydrogen-bond donors (Lipinski definition) is 2. The quantitative estimate of drug-likeness (QED) is 0.652. The summed E-state index contributed by atoms with van der Waals surface area (Å²) in [5.74, 6) is -1.79. The molecule has 26 heavy (non-hydrogen) atoms. The van der Waals surface area contributed by atoms with E-state index in [9.17, 15) is 23.9 Å². The van der Waals surface area contributed by atoms with Crippen LogP contribution < -0.4 is 11.2 Å². The van der Waals surface area contributed by atoms with Crippen LogP contribution >= 0.6 is 0 Å². The van der Waals surface area contributed by atoms with Crippen molar-refractivity contribution in [2.45, 2.75) is 6.54 Å². The van der Waals surface area contributed by atoms with E-state index in [0.717, 1.165) is 24.4 Å². The zero-order valence-electron chi connectivity index (χ0n) is 13.7. The number of aromatic nitrogens is 3. The van der Waals surface area contributed by atoms with E-state index < -0.39 is 28.6 Å². The Hall–Kier alpha value is -3.33. The summed E-state index contributed by atoms with van der Waals surface area (Å²) in [4.78, 5) is 42.8. The number of benzene rings is 1. The number of nitrogens with zero attached hydrogens (tertiary/aromatic N) is 2. The number of hydrogen-bond acceptors (Lipinski definition) is 6. The average Bonchev–Trinajstić information content (AvgIpc) is 2.62. The number of halogens is 1. The Balaban J connectivity index is 2.15. The highest BCUT2D eigenvalue weighted by molar-refractivity contribution is 6.11. The van der Waals surface area contributed by atoms with E-state index in [-0.39, 0.29) is 35.3 Å². The minimum atomic E-state index is -0.704. The Labute approximate surface area is 145 Å². The largest absolute Gasteiger partial charge is 0.507 e. The van der Waals surface area contributed by atoms with E-state index in [0.29, 0.717) is 0 Å². The molecule has 8 nitrogen and oxygen atoms in total. The lowest BCUT2D eigenvalue weighted by atomic mass is 10.0. The van der Waals surface area contributed by atoms with Crippen LogP contribution in [0.2, 0.25) is 0 Å². The molecular formula is C17H14FN3O5. The van der Waals surface area contributed by atoms with Gasteiger partial charge in [0.2, 0.25) is 0 Å². The SMILES string of the molecule is COCCn1c(=O)[nH]c(=O)c2cc(C(=O)c3cc(F)ccc3O)cnc21. The van der Waals surface area contributed by atoms with Gasteiger partial charge in [0.25, 0.3) is 5.56 Å². The van der Waals surface area contributed by atoms with E-state index in [2.05, 4.69) is 9.97 Å². The number of fused-ring (bicyclic) bond motifs is 1. The van der Waals surface area contributed by atoms with Crippen LogP contribution in [0.5, 0.6) is 5.75 Å². The third kappa shape index (κ3) is 3.11. The molecular weight excluding hydrogens is 345 g/mol. The Morgan fingerprint density at radius 1 is 1.35 bits per heavy atom. The fourth-order valence-electron chi connectivity index (χ4n) is 2.53. The molecule has 3 aromatic rings. The summed E-state index contributed by atoms with van der Waals surface area (Å²) >= 11 is 0. The number of carbonyl (C=O) groups excluding carboxylic acids is 1. The van der Waals surface area contributed by atoms with Gasteiger partial charge in [0.1, 0.15) is 17.2 Å². The van der Waals surface area contributed by atoms with Crippen LogP contribution in [0.25, 0.3) is 11.0 Å². The van der Waals surface area contributed by atoms with Gasteiger partial charge in [-0.3, -0.25) is 19.1 Å². The van der Waals surface area contributed by atoms with Crippen LogP contribution in [0.1, 0.15) is 15.9 Å². The predicted molar refractivity (Wildman–Crippen MR) is 90.0 cm³/mol. The monoisotopic (exact) mass is 359 g/mol. The van der Waals surface area contributed by atoms with Crippen molar-refractivity contribution in [2.24, 2.45) is 0 Å². The molecule has 134 valence electrons. The molecule has 0 unspecified atom stereocenters. The average molecular weight is 359 g/mol. The normalized spacial score (nSPS) is 11.0. The number of ether oxygens (including phenoxy) is 1. The number of H-pyrrole nitrogens is 1. The lowest BCUT2D eigenvalue weighted by Crippen LogP contribution is -2.32. The fraction of sp³-hybridized carbons (Fsp3) is 0.176. The molecule has 2 aromatic heterocycles. The summed E-state index contributed by atoms with van der Waals surface area (Å²) < 4.78 is 19.5. The number of aromatic amines is 1. The van der Waals surface area contributed by atoms with Crippen molar-refractivity contribution in [3.05, 3.63) is 68.2 Å². The van der Waals surface area contributed by atoms with Gasteiger partial charge in [-0.1, -0.05) is 0 Å². The van der Waals surface area contributed by atoms with Crippen molar-refractivity contribution >= 4 is 16.8 Å². The van der Waals surface area contributed by atoms with Crippen LogP contribution in [0.4, 0.5) is 4.39 Å². The maximum Gasteiger partial charge on any atom is 0.330 e. The first-order chi connectivity index (χ1) is 12.4. The molecule has 0 spiro atoms. The van der Waals surface area contributed by atoms with Gasteiger partial charge in [0, 0.05) is 18.9 Å². The molecule has 0 bridgehead atoms. The van der Waals surface area contributed by atoms with Crippen LogP contribution in [0, 0.1) is 5.82 Å². The number of nitrogens with one attached hydrogen (secondary N) is 1. The number of aromatic hydroxyl groups is 1. The Morgan fingerprint density at radius 3 is 2.85 bits per heavy atom. The first-order valence-corrected chi connectivity index (χ1v) is 7.57. The summed E-state index contributed by atoms with van der Waals surface area (Å²) in [6.07, 6.45) is 1.16. The second-order valence-electron chi connectivity index (χ2n) is 5.49. The van der Waals surface area contributed by atoms with Gasteiger partial charge in [0.15, 0.2) is 5.78 Å². The third-order valence-corrected chi connectivity index (χ3v) is 3.82. The lowest BCUT2D eigenvalue weighted by molar-refractivity contribution is 0.103. The molecule has 0 fully saturated rings. The molecule has 0 atom stereocenters. The molecule has 0 amide bonds. The zero-order valence-corrected chi connectivity index (χ0v) is 13.7. The number of methoxy groups -OCH3 is 1. The maximum absolute atomic E-state index is 13.4. The second kappa shape index (κ2) is 6.89. The Morgan fingerprint density at radius 2 is 2.12 bits per heavy atom. The van der Waals surface area contributed by atoms with E-state index in [1.165, 1.54) is 17.7 Å². The number of rotatable bonds is 5. The molecule has 2 heterocycles. The van der Waals surface area contributed by atoms with Gasteiger partial charge >= 0.3 is 5.69 Å². The number of phenolic OH excluding ortho intramolecular Hbond substituents is 1. The van der Waals surface area contributed by atoms with Gasteiger partial charge in [0.05, 0.1) is 24.1 Å².